The predicted octanol–water partition coefficient (Wildman–Crippen LogP) is -2.88. The Labute approximate surface area is 315 Å². The van der Waals surface area contributed by atoms with Crippen LogP contribution in [-0.4, -0.2) is 128 Å². The smallest absolute Gasteiger partial charge is 0.283 e. The van der Waals surface area contributed by atoms with Crippen molar-refractivity contribution in [2.45, 2.75) is 0 Å². The lowest BCUT2D eigenvalue weighted by molar-refractivity contribution is 0.0870. The Kier molecular flexibility index (Phi) is 14.7. The molecule has 0 aliphatic rings. The number of aromatic nitrogens is 4. The van der Waals surface area contributed by atoms with E-state index in [0.29, 0.717) is 0 Å². The third-order valence-corrected chi connectivity index (χ3v) is 8.20. The summed E-state index contributed by atoms with van der Waals surface area (Å²) in [5.41, 5.74) is -4.92. The van der Waals surface area contributed by atoms with E-state index in [0.717, 1.165) is 24.3 Å². The lowest BCUT2D eigenvalue weighted by Crippen LogP contribution is -2.46. The van der Waals surface area contributed by atoms with Gasteiger partial charge in [-0.3, -0.25) is 48.2 Å². The van der Waals surface area contributed by atoms with Gasteiger partial charge in [0.15, 0.2) is 0 Å². The second kappa shape index (κ2) is 19.8. The predicted molar refractivity (Wildman–Crippen MR) is 197 cm³/mol. The lowest BCUT2D eigenvalue weighted by atomic mass is 10.3. The molecule has 298 valence electrons. The number of pyridine rings is 4. The summed E-state index contributed by atoms with van der Waals surface area (Å²) in [5.74, 6) is -3.12. The first kappa shape index (κ1) is 41.6. The third-order valence-electron chi connectivity index (χ3n) is 8.20. The van der Waals surface area contributed by atoms with Crippen molar-refractivity contribution in [1.82, 2.24) is 50.0 Å². The van der Waals surface area contributed by atoms with Crippen LogP contribution in [0.5, 0.6) is 0 Å². The van der Waals surface area contributed by atoms with Crippen LogP contribution in [0.15, 0.2) is 92.0 Å². The number of nitrogens with one attached hydrogen (secondary N) is 4. The summed E-state index contributed by atoms with van der Waals surface area (Å²) in [4.78, 5) is 101. The average molecular weight is 779 g/mol. The summed E-state index contributed by atoms with van der Waals surface area (Å²) in [6, 6.07) is 14.1. The minimum Gasteiger partial charge on any atom is -0.803 e. The monoisotopic (exact) mass is 778 g/mol. The minimum absolute atomic E-state index is 0.00528. The van der Waals surface area contributed by atoms with Crippen molar-refractivity contribution in [3.8, 4) is 0 Å². The van der Waals surface area contributed by atoms with E-state index in [2.05, 4.69) is 21.3 Å². The van der Waals surface area contributed by atoms with Gasteiger partial charge in [0.25, 0.3) is 34.7 Å². The molecule has 4 amide bonds. The van der Waals surface area contributed by atoms with Crippen LogP contribution in [0.1, 0.15) is 42.0 Å². The molecule has 22 nitrogen and oxygen atoms in total. The number of nitrogens with zero attached hydrogens (tertiary/aromatic N) is 6. The second-order valence-corrected chi connectivity index (χ2v) is 11.9. The molecule has 4 aromatic heterocycles. The van der Waals surface area contributed by atoms with Gasteiger partial charge in [0.05, 0.1) is 0 Å². The maximum Gasteiger partial charge on any atom is 0.283 e. The van der Waals surface area contributed by atoms with Crippen LogP contribution < -0.4 is 43.5 Å². The number of carbonyl (C=O) groups is 4. The van der Waals surface area contributed by atoms with Crippen molar-refractivity contribution >= 4 is 23.6 Å². The van der Waals surface area contributed by atoms with Gasteiger partial charge in [-0.15, -0.1) is 9.46 Å². The molecule has 22 heteroatoms. The molecule has 0 saturated heterocycles. The van der Waals surface area contributed by atoms with E-state index in [1.54, 1.807) is 9.80 Å². The highest BCUT2D eigenvalue weighted by atomic mass is 16.5. The van der Waals surface area contributed by atoms with Crippen LogP contribution in [-0.2, 0) is 0 Å². The molecule has 0 aliphatic carbocycles. The third kappa shape index (κ3) is 11.2. The maximum absolute atomic E-state index is 12.7. The van der Waals surface area contributed by atoms with Crippen LogP contribution in [0.25, 0.3) is 0 Å². The molecule has 0 bridgehead atoms. The Hall–Kier alpha value is -7.20. The van der Waals surface area contributed by atoms with E-state index >= 15 is 0 Å². The number of hydrogen-bond acceptors (Lipinski definition) is 14. The molecule has 4 heterocycles. The highest BCUT2D eigenvalue weighted by Crippen LogP contribution is 2.00. The summed E-state index contributed by atoms with van der Waals surface area (Å²) < 4.78 is 0.299. The van der Waals surface area contributed by atoms with E-state index in [1.165, 1.54) is 48.5 Å². The average Bonchev–Trinajstić information content (AvgIpc) is 3.17. The molecule has 0 radical (unpaired) electrons. The summed E-state index contributed by atoms with van der Waals surface area (Å²) in [6.45, 7) is 1.00. The highest BCUT2D eigenvalue weighted by Gasteiger charge is 2.17. The van der Waals surface area contributed by atoms with Gasteiger partial charge >= 0.3 is 0 Å². The summed E-state index contributed by atoms with van der Waals surface area (Å²) in [5, 5.41) is 54.3. The van der Waals surface area contributed by atoms with Crippen molar-refractivity contribution in [1.29, 1.82) is 0 Å². The lowest BCUT2D eigenvalue weighted by Gasteiger charge is -2.28. The Morgan fingerprint density at radius 3 is 1.04 bits per heavy atom. The molecule has 0 aliphatic heterocycles. The van der Waals surface area contributed by atoms with Gasteiger partial charge in [-0.2, -0.15) is 0 Å². The van der Waals surface area contributed by atoms with Crippen molar-refractivity contribution in [3.63, 3.8) is 0 Å². The van der Waals surface area contributed by atoms with E-state index in [4.69, 9.17) is 0 Å². The standard InChI is InChI=1S/C34H38N10O12/c45-27-9-1-5-23(41(27)53)31(49)35-13-17-39(18-14-36-32(50)24-6-2-10-28(46)42(24)54)21-22-40(19-15-37-33(51)25-7-3-11-29(47)43(25)55)20-16-38-34(52)26-8-4-12-30(48)44(26)56/h1-12,53,55H,13-22H2,(H,35,49)(H,36,50)(H,37,51)(H,38,52)/q-2. The zero-order valence-corrected chi connectivity index (χ0v) is 29.7. The molecule has 4 aromatic rings. The molecule has 0 spiro atoms. The number of hydrogen-bond donors (Lipinski definition) is 6. The van der Waals surface area contributed by atoms with Crippen LogP contribution >= 0.6 is 0 Å². The molecular formula is C34H38N10O12-2. The molecule has 6 N–H and O–H groups in total. The van der Waals surface area contributed by atoms with Gasteiger partial charge in [-0.1, -0.05) is 24.3 Å². The Bertz CT molecular complexity index is 1970. The Morgan fingerprint density at radius 1 is 0.446 bits per heavy atom. The van der Waals surface area contributed by atoms with Crippen LogP contribution in [0.2, 0.25) is 0 Å². The zero-order chi connectivity index (χ0) is 40.8. The number of amides is 4. The van der Waals surface area contributed by atoms with E-state index in [-0.39, 0.29) is 95.8 Å². The Morgan fingerprint density at radius 2 is 0.714 bits per heavy atom. The second-order valence-electron chi connectivity index (χ2n) is 11.9. The molecule has 0 aromatic carbocycles. The van der Waals surface area contributed by atoms with Crippen molar-refractivity contribution < 1.29 is 29.6 Å². The van der Waals surface area contributed by atoms with Crippen LogP contribution in [0, 0.1) is 10.4 Å². The fourth-order valence-electron chi connectivity index (χ4n) is 5.22. The number of carbonyl (C=O) groups excluding carboxylic acids is 4. The molecule has 4 rings (SSSR count). The fourth-order valence-corrected chi connectivity index (χ4v) is 5.22. The fraction of sp³-hybridized carbons (Fsp3) is 0.294. The van der Waals surface area contributed by atoms with Gasteiger partial charge in [0.2, 0.25) is 11.1 Å². The first-order valence-electron chi connectivity index (χ1n) is 17.0. The molecule has 0 fully saturated rings. The summed E-state index contributed by atoms with van der Waals surface area (Å²) in [6.07, 6.45) is 0. The van der Waals surface area contributed by atoms with Gasteiger partial charge in [0, 0.05) is 89.7 Å². The molecule has 0 atom stereocenters. The summed E-state index contributed by atoms with van der Waals surface area (Å²) >= 11 is 0. The minimum atomic E-state index is -0.921. The van der Waals surface area contributed by atoms with Crippen molar-refractivity contribution in [2.24, 2.45) is 0 Å². The zero-order valence-electron chi connectivity index (χ0n) is 29.7. The van der Waals surface area contributed by atoms with Gasteiger partial charge in [0.1, 0.15) is 22.8 Å². The normalized spacial score (nSPS) is 11.0. The molecule has 0 saturated carbocycles. The van der Waals surface area contributed by atoms with Gasteiger partial charge in [-0.05, 0) is 24.3 Å². The summed E-state index contributed by atoms with van der Waals surface area (Å²) in [7, 11) is 0. The quantitative estimate of drug-likeness (QED) is 0.0522. The van der Waals surface area contributed by atoms with E-state index < -0.39 is 57.3 Å². The first-order chi connectivity index (χ1) is 26.8. The SMILES string of the molecule is O=C(NCCN(CCNC(=O)c1cccc(=O)n1O)CCN(CCNC(=O)c1cccc(=O)n1[O-])CCNC(=O)c1cccc(=O)n1O)c1cccc(=O)n1[O-]. The van der Waals surface area contributed by atoms with Gasteiger partial charge < -0.3 is 51.6 Å². The Balaban J connectivity index is 1.44. The van der Waals surface area contributed by atoms with E-state index in [1.807, 2.05) is 0 Å². The number of rotatable bonds is 19. The first-order valence-corrected chi connectivity index (χ1v) is 17.0. The van der Waals surface area contributed by atoms with Crippen molar-refractivity contribution in [2.75, 3.05) is 65.4 Å². The molecule has 56 heavy (non-hydrogen) atoms. The van der Waals surface area contributed by atoms with Crippen LogP contribution in [0.3, 0.4) is 0 Å². The largest absolute Gasteiger partial charge is 0.803 e. The topological polar surface area (TPSA) is 297 Å². The maximum atomic E-state index is 12.7. The highest BCUT2D eigenvalue weighted by molar-refractivity contribution is 5.93. The molecular weight excluding hydrogens is 740 g/mol. The van der Waals surface area contributed by atoms with Crippen molar-refractivity contribution in [3.05, 3.63) is 147 Å². The van der Waals surface area contributed by atoms with Crippen LogP contribution in [0.4, 0.5) is 0 Å². The molecule has 0 unspecified atom stereocenters. The van der Waals surface area contributed by atoms with E-state index in [9.17, 15) is 59.2 Å². The van der Waals surface area contributed by atoms with Gasteiger partial charge in [-0.25, -0.2) is 0 Å².